The van der Waals surface area contributed by atoms with Crippen LogP contribution < -0.4 is 11.5 Å². The molecule has 4 aromatic rings. The zero-order valence-corrected chi connectivity index (χ0v) is 23.1. The lowest BCUT2D eigenvalue weighted by Crippen LogP contribution is -2.26. The molecule has 1 fully saturated rings. The second-order valence-electron chi connectivity index (χ2n) is 10.1. The lowest BCUT2D eigenvalue weighted by molar-refractivity contribution is 0.395. The van der Waals surface area contributed by atoms with E-state index in [0.717, 1.165) is 48.9 Å². The van der Waals surface area contributed by atoms with Crippen molar-refractivity contribution in [3.8, 4) is 11.3 Å². The Morgan fingerprint density at radius 1 is 1.05 bits per heavy atom. The van der Waals surface area contributed by atoms with Gasteiger partial charge in [-0.25, -0.2) is 22.2 Å². The lowest BCUT2D eigenvalue weighted by Gasteiger charge is -2.27. The summed E-state index contributed by atoms with van der Waals surface area (Å²) in [6, 6.07) is 8.60. The minimum atomic E-state index is -3.84. The van der Waals surface area contributed by atoms with Crippen LogP contribution >= 0.6 is 11.6 Å². The maximum absolute atomic E-state index is 15.5. The summed E-state index contributed by atoms with van der Waals surface area (Å²) >= 11 is 6.09. The minimum absolute atomic E-state index is 0.103. The highest BCUT2D eigenvalue weighted by molar-refractivity contribution is 7.89. The van der Waals surface area contributed by atoms with E-state index in [9.17, 15) is 8.42 Å². The molecule has 11 heteroatoms. The first kappa shape index (κ1) is 27.5. The van der Waals surface area contributed by atoms with Crippen molar-refractivity contribution in [1.29, 1.82) is 0 Å². The third kappa shape index (κ3) is 5.50. The molecule has 1 saturated carbocycles. The predicted octanol–water partition coefficient (Wildman–Crippen LogP) is 5.73. The zero-order valence-electron chi connectivity index (χ0n) is 21.5. The molecule has 39 heavy (non-hydrogen) atoms. The van der Waals surface area contributed by atoms with Crippen LogP contribution in [0, 0.1) is 11.6 Å². The highest BCUT2D eigenvalue weighted by Gasteiger charge is 2.28. The monoisotopic (exact) mass is 573 g/mol. The van der Waals surface area contributed by atoms with E-state index < -0.39 is 33.0 Å². The molecule has 0 radical (unpaired) electrons. The van der Waals surface area contributed by atoms with Crippen LogP contribution in [0.5, 0.6) is 0 Å². The van der Waals surface area contributed by atoms with Crippen molar-refractivity contribution < 1.29 is 17.2 Å². The SMILES string of the molecule is CCn1nc(-c2cc(F)c(CS(=O)(=O)Cc3ccccc3Cl)cc2F)c2c(N)ncc(C3CCC(N)CC3)c21. The number of nitrogens with zero attached hydrogens (tertiary/aromatic N) is 3. The Balaban J connectivity index is 1.54. The van der Waals surface area contributed by atoms with Crippen molar-refractivity contribution in [2.75, 3.05) is 5.73 Å². The largest absolute Gasteiger partial charge is 0.383 e. The fourth-order valence-electron chi connectivity index (χ4n) is 5.43. The summed E-state index contributed by atoms with van der Waals surface area (Å²) in [5, 5.41) is 5.37. The molecular formula is C28H30ClF2N5O2S. The smallest absolute Gasteiger partial charge is 0.158 e. The molecule has 2 aromatic heterocycles. The Bertz CT molecular complexity index is 1650. The Morgan fingerprint density at radius 3 is 2.44 bits per heavy atom. The van der Waals surface area contributed by atoms with Gasteiger partial charge in [0, 0.05) is 34.9 Å². The van der Waals surface area contributed by atoms with Crippen LogP contribution in [0.15, 0.2) is 42.6 Å². The number of aromatic nitrogens is 3. The second kappa shape index (κ2) is 10.8. The number of fused-ring (bicyclic) bond motifs is 1. The van der Waals surface area contributed by atoms with E-state index in [-0.39, 0.29) is 34.6 Å². The van der Waals surface area contributed by atoms with E-state index in [0.29, 0.717) is 22.5 Å². The summed E-state index contributed by atoms with van der Waals surface area (Å²) in [5.74, 6) is -2.33. The minimum Gasteiger partial charge on any atom is -0.383 e. The molecule has 0 spiro atoms. The number of hydrogen-bond acceptors (Lipinski definition) is 6. The molecule has 2 aromatic carbocycles. The van der Waals surface area contributed by atoms with Gasteiger partial charge in [0.2, 0.25) is 0 Å². The van der Waals surface area contributed by atoms with Gasteiger partial charge in [0.25, 0.3) is 0 Å². The number of rotatable bonds is 7. The van der Waals surface area contributed by atoms with Crippen molar-refractivity contribution in [3.63, 3.8) is 0 Å². The number of nitrogen functional groups attached to an aromatic ring is 1. The molecule has 0 unspecified atom stereocenters. The highest BCUT2D eigenvalue weighted by atomic mass is 35.5. The Morgan fingerprint density at radius 2 is 1.74 bits per heavy atom. The maximum Gasteiger partial charge on any atom is 0.158 e. The molecule has 5 rings (SSSR count). The van der Waals surface area contributed by atoms with Crippen molar-refractivity contribution >= 4 is 38.2 Å². The molecule has 206 valence electrons. The van der Waals surface area contributed by atoms with Gasteiger partial charge in [-0.3, -0.25) is 4.68 Å². The average molecular weight is 574 g/mol. The number of sulfone groups is 1. The van der Waals surface area contributed by atoms with Crippen LogP contribution in [0.1, 0.15) is 55.2 Å². The van der Waals surface area contributed by atoms with E-state index in [2.05, 4.69) is 10.1 Å². The van der Waals surface area contributed by atoms with Crippen LogP contribution in [0.2, 0.25) is 5.02 Å². The first-order valence-electron chi connectivity index (χ1n) is 12.9. The van der Waals surface area contributed by atoms with Crippen LogP contribution in [0.3, 0.4) is 0 Å². The first-order chi connectivity index (χ1) is 18.6. The first-order valence-corrected chi connectivity index (χ1v) is 15.1. The van der Waals surface area contributed by atoms with E-state index >= 15 is 8.78 Å². The van der Waals surface area contributed by atoms with Gasteiger partial charge in [-0.05, 0) is 67.9 Å². The molecule has 0 atom stereocenters. The Kier molecular flexibility index (Phi) is 7.63. The number of halogens is 3. The van der Waals surface area contributed by atoms with Gasteiger partial charge in [-0.1, -0.05) is 29.8 Å². The molecule has 2 heterocycles. The normalized spacial score (nSPS) is 18.1. The topological polar surface area (TPSA) is 117 Å². The van der Waals surface area contributed by atoms with E-state index in [1.165, 1.54) is 0 Å². The molecule has 0 amide bonds. The van der Waals surface area contributed by atoms with E-state index in [1.807, 2.05) is 6.92 Å². The van der Waals surface area contributed by atoms with Gasteiger partial charge < -0.3 is 11.5 Å². The zero-order chi connectivity index (χ0) is 27.9. The van der Waals surface area contributed by atoms with Crippen molar-refractivity contribution in [2.45, 2.75) is 62.6 Å². The number of nitrogens with two attached hydrogens (primary N) is 2. The summed E-state index contributed by atoms with van der Waals surface area (Å²) < 4.78 is 58.2. The van der Waals surface area contributed by atoms with Gasteiger partial charge >= 0.3 is 0 Å². The molecule has 4 N–H and O–H groups in total. The molecule has 0 aliphatic heterocycles. The predicted molar refractivity (Wildman–Crippen MR) is 150 cm³/mol. The van der Waals surface area contributed by atoms with E-state index in [1.54, 1.807) is 35.1 Å². The summed E-state index contributed by atoms with van der Waals surface area (Å²) in [5.41, 5.74) is 14.3. The quantitative estimate of drug-likeness (QED) is 0.291. The van der Waals surface area contributed by atoms with Crippen molar-refractivity contribution in [2.24, 2.45) is 5.73 Å². The number of benzene rings is 2. The third-order valence-corrected chi connectivity index (χ3v) is 9.31. The summed E-state index contributed by atoms with van der Waals surface area (Å²) in [7, 11) is -3.84. The van der Waals surface area contributed by atoms with Crippen molar-refractivity contribution in [3.05, 3.63) is 75.9 Å². The third-order valence-electron chi connectivity index (χ3n) is 7.44. The summed E-state index contributed by atoms with van der Waals surface area (Å²) in [6.07, 6.45) is 5.33. The van der Waals surface area contributed by atoms with Crippen LogP contribution in [-0.4, -0.2) is 29.2 Å². The van der Waals surface area contributed by atoms with E-state index in [4.69, 9.17) is 23.1 Å². The van der Waals surface area contributed by atoms with Crippen molar-refractivity contribution in [1.82, 2.24) is 14.8 Å². The second-order valence-corrected chi connectivity index (χ2v) is 12.6. The average Bonchev–Trinajstić information content (AvgIpc) is 3.28. The number of hydrogen-bond donors (Lipinski definition) is 2. The van der Waals surface area contributed by atoms with Gasteiger partial charge in [-0.2, -0.15) is 5.10 Å². The lowest BCUT2D eigenvalue weighted by atomic mass is 9.82. The molecule has 0 bridgehead atoms. The molecular weight excluding hydrogens is 544 g/mol. The highest BCUT2D eigenvalue weighted by Crippen LogP contribution is 2.41. The summed E-state index contributed by atoms with van der Waals surface area (Å²) in [6.45, 7) is 2.40. The maximum atomic E-state index is 15.5. The number of anilines is 1. The van der Waals surface area contributed by atoms with Gasteiger partial charge in [-0.15, -0.1) is 0 Å². The van der Waals surface area contributed by atoms with Crippen LogP contribution in [-0.2, 0) is 27.9 Å². The Labute approximate surface area is 231 Å². The fourth-order valence-corrected chi connectivity index (χ4v) is 7.23. The molecule has 7 nitrogen and oxygen atoms in total. The number of aryl methyl sites for hydroxylation is 1. The fraction of sp³-hybridized carbons (Fsp3) is 0.357. The van der Waals surface area contributed by atoms with Gasteiger partial charge in [0.1, 0.15) is 23.1 Å². The van der Waals surface area contributed by atoms with Gasteiger partial charge in [0.05, 0.1) is 22.4 Å². The van der Waals surface area contributed by atoms with Crippen LogP contribution in [0.4, 0.5) is 14.6 Å². The molecule has 0 saturated heterocycles. The van der Waals surface area contributed by atoms with Gasteiger partial charge in [0.15, 0.2) is 9.84 Å². The summed E-state index contributed by atoms with van der Waals surface area (Å²) in [4.78, 5) is 4.39. The van der Waals surface area contributed by atoms with Crippen LogP contribution in [0.25, 0.3) is 22.2 Å². The molecule has 1 aliphatic carbocycles. The Hall–Kier alpha value is -3.08. The molecule has 1 aliphatic rings. The number of pyridine rings is 1. The standard InChI is InChI=1S/C28H30ClF2N5O2S/c1-2-36-27-21(16-7-9-19(32)10-8-16)13-34-28(33)25(27)26(35-36)20-12-23(30)18(11-24(20)31)15-39(37,38)14-17-5-3-4-6-22(17)29/h3-6,11-13,16,19H,2,7-10,14-15,32H2,1H3,(H2,33,34).